The molecule has 20 heavy (non-hydrogen) atoms. The van der Waals surface area contributed by atoms with Crippen LogP contribution in [0.4, 0.5) is 4.39 Å². The predicted molar refractivity (Wildman–Crippen MR) is 78.0 cm³/mol. The van der Waals surface area contributed by atoms with Gasteiger partial charge in [0.25, 0.3) is 5.91 Å². The molecule has 0 spiro atoms. The molecule has 110 valence electrons. The van der Waals surface area contributed by atoms with Gasteiger partial charge in [-0.05, 0) is 53.9 Å². The summed E-state index contributed by atoms with van der Waals surface area (Å²) >= 11 is 3.22. The lowest BCUT2D eigenvalue weighted by Gasteiger charge is -2.27. The van der Waals surface area contributed by atoms with E-state index in [1.807, 2.05) is 0 Å². The van der Waals surface area contributed by atoms with Crippen molar-refractivity contribution in [3.63, 3.8) is 0 Å². The van der Waals surface area contributed by atoms with Crippen LogP contribution >= 0.6 is 15.9 Å². The van der Waals surface area contributed by atoms with Gasteiger partial charge in [-0.25, -0.2) is 4.39 Å². The van der Waals surface area contributed by atoms with Crippen molar-refractivity contribution in [1.82, 2.24) is 4.90 Å². The van der Waals surface area contributed by atoms with Gasteiger partial charge >= 0.3 is 0 Å². The molecule has 2 unspecified atom stereocenters. The number of ether oxygens (including phenoxy) is 1. The largest absolute Gasteiger partial charge is 0.480 e. The number of benzene rings is 1. The molecule has 2 rings (SSSR count). The molecule has 0 radical (unpaired) electrons. The lowest BCUT2D eigenvalue weighted by molar-refractivity contribution is -0.138. The Morgan fingerprint density at radius 3 is 3.05 bits per heavy atom. The van der Waals surface area contributed by atoms with Crippen molar-refractivity contribution in [2.24, 2.45) is 5.73 Å². The second-order valence-corrected chi connectivity index (χ2v) is 5.75. The van der Waals surface area contributed by atoms with E-state index in [1.54, 1.807) is 11.8 Å². The van der Waals surface area contributed by atoms with Gasteiger partial charge in [0, 0.05) is 19.1 Å². The van der Waals surface area contributed by atoms with Gasteiger partial charge in [0.05, 0.1) is 4.47 Å². The number of hydrogen-bond acceptors (Lipinski definition) is 3. The van der Waals surface area contributed by atoms with Gasteiger partial charge in [0.1, 0.15) is 11.6 Å². The van der Waals surface area contributed by atoms with Gasteiger partial charge in [-0.2, -0.15) is 0 Å². The number of carbonyl (C=O) groups is 1. The molecule has 2 N–H and O–H groups in total. The van der Waals surface area contributed by atoms with Crippen molar-refractivity contribution in [2.45, 2.75) is 31.9 Å². The summed E-state index contributed by atoms with van der Waals surface area (Å²) in [6, 6.07) is 4.22. The van der Waals surface area contributed by atoms with E-state index in [4.69, 9.17) is 10.5 Å². The third-order valence-electron chi connectivity index (χ3n) is 3.48. The molecule has 1 aromatic rings. The fourth-order valence-electron chi connectivity index (χ4n) is 2.42. The molecule has 1 aliphatic rings. The van der Waals surface area contributed by atoms with E-state index in [0.717, 1.165) is 19.4 Å². The van der Waals surface area contributed by atoms with Crippen LogP contribution in [0, 0.1) is 5.82 Å². The number of nitrogens with two attached hydrogens (primary N) is 1. The maximum absolute atomic E-state index is 13.0. The van der Waals surface area contributed by atoms with Crippen LogP contribution < -0.4 is 10.5 Å². The zero-order valence-electron chi connectivity index (χ0n) is 11.3. The number of amides is 1. The number of hydrogen-bond donors (Lipinski definition) is 1. The van der Waals surface area contributed by atoms with Crippen LogP contribution in [-0.2, 0) is 4.79 Å². The molecule has 6 heteroatoms. The van der Waals surface area contributed by atoms with E-state index in [0.29, 0.717) is 16.8 Å². The molecule has 0 aliphatic carbocycles. The number of likely N-dealkylation sites (tertiary alicyclic amines) is 1. The normalized spacial score (nSPS) is 20.0. The Morgan fingerprint density at radius 1 is 1.65 bits per heavy atom. The van der Waals surface area contributed by atoms with Crippen LogP contribution in [0.15, 0.2) is 22.7 Å². The summed E-state index contributed by atoms with van der Waals surface area (Å²) < 4.78 is 19.1. The first-order chi connectivity index (χ1) is 9.52. The summed E-state index contributed by atoms with van der Waals surface area (Å²) in [7, 11) is 0. The van der Waals surface area contributed by atoms with E-state index in [9.17, 15) is 9.18 Å². The first-order valence-electron chi connectivity index (χ1n) is 6.65. The minimum absolute atomic E-state index is 0.0748. The van der Waals surface area contributed by atoms with Gasteiger partial charge in [0.15, 0.2) is 6.10 Å². The Hall–Kier alpha value is -1.14. The lowest BCUT2D eigenvalue weighted by atomic mass is 10.2. The molecule has 0 bridgehead atoms. The lowest BCUT2D eigenvalue weighted by Crippen LogP contribution is -2.45. The summed E-state index contributed by atoms with van der Waals surface area (Å²) in [6.45, 7) is 2.89. The molecule has 4 nitrogen and oxygen atoms in total. The molecule has 1 fully saturated rings. The van der Waals surface area contributed by atoms with Crippen molar-refractivity contribution in [2.75, 3.05) is 13.1 Å². The number of rotatable bonds is 4. The zero-order chi connectivity index (χ0) is 14.7. The van der Waals surface area contributed by atoms with Gasteiger partial charge in [-0.1, -0.05) is 0 Å². The monoisotopic (exact) mass is 344 g/mol. The third kappa shape index (κ3) is 3.30. The molecule has 1 aromatic carbocycles. The summed E-state index contributed by atoms with van der Waals surface area (Å²) in [4.78, 5) is 14.1. The van der Waals surface area contributed by atoms with Crippen LogP contribution in [-0.4, -0.2) is 36.0 Å². The summed E-state index contributed by atoms with van der Waals surface area (Å²) in [6.07, 6.45) is 1.29. The summed E-state index contributed by atoms with van der Waals surface area (Å²) in [5.41, 5.74) is 5.67. The fraction of sp³-hybridized carbons (Fsp3) is 0.500. The van der Waals surface area contributed by atoms with Crippen LogP contribution in [0.1, 0.15) is 19.8 Å². The topological polar surface area (TPSA) is 55.6 Å². The average molecular weight is 345 g/mol. The first-order valence-corrected chi connectivity index (χ1v) is 7.44. The van der Waals surface area contributed by atoms with Crippen LogP contribution in [0.3, 0.4) is 0 Å². The maximum atomic E-state index is 13.0. The number of halogens is 2. The zero-order valence-corrected chi connectivity index (χ0v) is 12.9. The number of nitrogens with zero attached hydrogens (tertiary/aromatic N) is 1. The van der Waals surface area contributed by atoms with Crippen molar-refractivity contribution in [3.05, 3.63) is 28.5 Å². The average Bonchev–Trinajstić information content (AvgIpc) is 2.89. The predicted octanol–water partition coefficient (Wildman–Crippen LogP) is 2.31. The van der Waals surface area contributed by atoms with Crippen molar-refractivity contribution >= 4 is 21.8 Å². The second-order valence-electron chi connectivity index (χ2n) is 4.90. The molecule has 1 aliphatic heterocycles. The highest BCUT2D eigenvalue weighted by molar-refractivity contribution is 9.10. The van der Waals surface area contributed by atoms with Gasteiger partial charge in [-0.15, -0.1) is 0 Å². The molecule has 1 heterocycles. The van der Waals surface area contributed by atoms with Gasteiger partial charge < -0.3 is 15.4 Å². The Kier molecular flexibility index (Phi) is 4.99. The highest BCUT2D eigenvalue weighted by Crippen LogP contribution is 2.27. The van der Waals surface area contributed by atoms with Crippen LogP contribution in [0.25, 0.3) is 0 Å². The van der Waals surface area contributed by atoms with Crippen molar-refractivity contribution < 1.29 is 13.9 Å². The van der Waals surface area contributed by atoms with E-state index in [2.05, 4.69) is 15.9 Å². The summed E-state index contributed by atoms with van der Waals surface area (Å²) in [5, 5.41) is 0. The minimum Gasteiger partial charge on any atom is -0.480 e. The van der Waals surface area contributed by atoms with Crippen LogP contribution in [0.5, 0.6) is 5.75 Å². The molecular formula is C14H18BrFN2O2. The Bertz CT molecular complexity index is 498. The fourth-order valence-corrected chi connectivity index (χ4v) is 2.86. The van der Waals surface area contributed by atoms with E-state index in [-0.39, 0.29) is 17.8 Å². The Balaban J connectivity index is 2.04. The smallest absolute Gasteiger partial charge is 0.263 e. The third-order valence-corrected chi connectivity index (χ3v) is 4.10. The first kappa shape index (κ1) is 15.3. The van der Waals surface area contributed by atoms with Gasteiger partial charge in [0.2, 0.25) is 0 Å². The van der Waals surface area contributed by atoms with Crippen molar-refractivity contribution in [1.29, 1.82) is 0 Å². The molecule has 0 aromatic heterocycles. The minimum atomic E-state index is -0.621. The molecule has 1 saturated heterocycles. The molecule has 2 atom stereocenters. The Morgan fingerprint density at radius 2 is 2.40 bits per heavy atom. The van der Waals surface area contributed by atoms with Gasteiger partial charge in [-0.3, -0.25) is 4.79 Å². The van der Waals surface area contributed by atoms with E-state index >= 15 is 0 Å². The van der Waals surface area contributed by atoms with Crippen molar-refractivity contribution in [3.8, 4) is 5.75 Å². The highest BCUT2D eigenvalue weighted by atomic mass is 79.9. The Labute approximate surface area is 126 Å². The molecule has 0 saturated carbocycles. The van der Waals surface area contributed by atoms with Crippen LogP contribution in [0.2, 0.25) is 0 Å². The highest BCUT2D eigenvalue weighted by Gasteiger charge is 2.31. The van der Waals surface area contributed by atoms with E-state index < -0.39 is 6.10 Å². The number of carbonyl (C=O) groups excluding carboxylic acids is 1. The maximum Gasteiger partial charge on any atom is 0.263 e. The summed E-state index contributed by atoms with van der Waals surface area (Å²) in [5.74, 6) is 0.0239. The molecule has 1 amide bonds. The van der Waals surface area contributed by atoms with E-state index in [1.165, 1.54) is 18.2 Å². The standard InChI is InChI=1S/C14H18BrFN2O2/c1-9(14(19)18-6-2-3-11(18)8-17)20-13-5-4-10(16)7-12(13)15/h4-5,7,9,11H,2-3,6,8,17H2,1H3. The quantitative estimate of drug-likeness (QED) is 0.911. The second kappa shape index (κ2) is 6.54. The molecular weight excluding hydrogens is 327 g/mol. The SMILES string of the molecule is CC(Oc1ccc(F)cc1Br)C(=O)N1CCCC1CN.